The van der Waals surface area contributed by atoms with E-state index in [0.717, 1.165) is 31.5 Å². The van der Waals surface area contributed by atoms with Crippen LogP contribution in [0.2, 0.25) is 0 Å². The highest BCUT2D eigenvalue weighted by Crippen LogP contribution is 2.18. The van der Waals surface area contributed by atoms with E-state index in [2.05, 4.69) is 11.5 Å². The molecule has 3 nitrogen and oxygen atoms in total. The van der Waals surface area contributed by atoms with Crippen LogP contribution in [-0.4, -0.2) is 37.1 Å². The summed E-state index contributed by atoms with van der Waals surface area (Å²) in [5.74, 6) is -0.112. The van der Waals surface area contributed by atoms with E-state index >= 15 is 0 Å². The Kier molecular flexibility index (Phi) is 3.48. The molecule has 1 fully saturated rings. The topological polar surface area (TPSA) is 29.5 Å². The molecule has 1 aliphatic rings. The highest BCUT2D eigenvalue weighted by molar-refractivity contribution is 5.76. The van der Waals surface area contributed by atoms with Gasteiger partial charge in [-0.2, -0.15) is 0 Å². The molecule has 13 heavy (non-hydrogen) atoms. The molecule has 0 spiro atoms. The highest BCUT2D eigenvalue weighted by atomic mass is 16.5. The number of carbonyl (C=O) groups is 1. The zero-order valence-corrected chi connectivity index (χ0v) is 8.38. The van der Waals surface area contributed by atoms with E-state index in [1.165, 1.54) is 7.11 Å². The number of rotatable bonds is 3. The lowest BCUT2D eigenvalue weighted by molar-refractivity contribution is -0.145. The van der Waals surface area contributed by atoms with Gasteiger partial charge >= 0.3 is 5.97 Å². The van der Waals surface area contributed by atoms with Crippen molar-refractivity contribution in [2.45, 2.75) is 25.8 Å². The Bertz CT molecular complexity index is 213. The van der Waals surface area contributed by atoms with Crippen molar-refractivity contribution in [1.82, 2.24) is 4.90 Å². The summed E-state index contributed by atoms with van der Waals surface area (Å²) in [6.07, 6.45) is 1.99. The molecule has 0 bridgehead atoms. The molecule has 1 rings (SSSR count). The third-order valence-electron chi connectivity index (χ3n) is 2.31. The van der Waals surface area contributed by atoms with E-state index in [1.54, 1.807) is 0 Å². The molecule has 1 saturated heterocycles. The monoisotopic (exact) mass is 183 g/mol. The molecule has 0 N–H and O–H groups in total. The summed E-state index contributed by atoms with van der Waals surface area (Å²) < 4.78 is 4.74. The first-order valence-corrected chi connectivity index (χ1v) is 4.61. The van der Waals surface area contributed by atoms with Gasteiger partial charge in [-0.15, -0.1) is 0 Å². The van der Waals surface area contributed by atoms with E-state index in [4.69, 9.17) is 4.74 Å². The van der Waals surface area contributed by atoms with Gasteiger partial charge in [0.15, 0.2) is 0 Å². The van der Waals surface area contributed by atoms with Crippen LogP contribution in [0.15, 0.2) is 12.2 Å². The third kappa shape index (κ3) is 2.56. The van der Waals surface area contributed by atoms with Gasteiger partial charge in [-0.3, -0.25) is 9.69 Å². The maximum atomic E-state index is 11.3. The second-order valence-corrected chi connectivity index (χ2v) is 3.61. The standard InChI is InChI=1S/C10H17NO2/c1-8(2)7-11-6-4-5-9(11)10(12)13-3/h9H,1,4-7H2,2-3H3/t9-/m0/s1. The van der Waals surface area contributed by atoms with Crippen molar-refractivity contribution < 1.29 is 9.53 Å². The number of hydrogen-bond donors (Lipinski definition) is 0. The number of likely N-dealkylation sites (tertiary alicyclic amines) is 1. The molecule has 1 atom stereocenters. The Labute approximate surface area is 79.4 Å². The van der Waals surface area contributed by atoms with Gasteiger partial charge in [-0.1, -0.05) is 12.2 Å². The Morgan fingerprint density at radius 2 is 2.38 bits per heavy atom. The molecule has 0 amide bonds. The zero-order valence-electron chi connectivity index (χ0n) is 8.38. The summed E-state index contributed by atoms with van der Waals surface area (Å²) >= 11 is 0. The van der Waals surface area contributed by atoms with Crippen LogP contribution < -0.4 is 0 Å². The van der Waals surface area contributed by atoms with Crippen LogP contribution in [-0.2, 0) is 9.53 Å². The van der Waals surface area contributed by atoms with Crippen LogP contribution in [0.5, 0.6) is 0 Å². The lowest BCUT2D eigenvalue weighted by Crippen LogP contribution is -2.37. The van der Waals surface area contributed by atoms with E-state index in [1.807, 2.05) is 6.92 Å². The van der Waals surface area contributed by atoms with Gasteiger partial charge in [0.05, 0.1) is 7.11 Å². The first-order valence-electron chi connectivity index (χ1n) is 4.61. The summed E-state index contributed by atoms with van der Waals surface area (Å²) in [6, 6.07) is -0.0401. The number of nitrogens with zero attached hydrogens (tertiary/aromatic N) is 1. The second-order valence-electron chi connectivity index (χ2n) is 3.61. The summed E-state index contributed by atoms with van der Waals surface area (Å²) in [7, 11) is 1.44. The van der Waals surface area contributed by atoms with Crippen molar-refractivity contribution in [3.8, 4) is 0 Å². The van der Waals surface area contributed by atoms with Crippen LogP contribution in [0, 0.1) is 0 Å². The van der Waals surface area contributed by atoms with Gasteiger partial charge in [-0.25, -0.2) is 0 Å². The zero-order chi connectivity index (χ0) is 9.84. The van der Waals surface area contributed by atoms with Crippen molar-refractivity contribution in [3.05, 3.63) is 12.2 Å². The van der Waals surface area contributed by atoms with Crippen LogP contribution in [0.3, 0.4) is 0 Å². The van der Waals surface area contributed by atoms with Crippen LogP contribution in [0.25, 0.3) is 0 Å². The predicted molar refractivity (Wildman–Crippen MR) is 51.4 cm³/mol. The molecule has 0 aliphatic carbocycles. The third-order valence-corrected chi connectivity index (χ3v) is 2.31. The van der Waals surface area contributed by atoms with Gasteiger partial charge in [0.25, 0.3) is 0 Å². The SMILES string of the molecule is C=C(C)CN1CCC[C@H]1C(=O)OC. The Hall–Kier alpha value is -0.830. The Morgan fingerprint density at radius 3 is 2.92 bits per heavy atom. The minimum Gasteiger partial charge on any atom is -0.468 e. The summed E-state index contributed by atoms with van der Waals surface area (Å²) in [4.78, 5) is 13.4. The fourth-order valence-electron chi connectivity index (χ4n) is 1.77. The van der Waals surface area contributed by atoms with Gasteiger partial charge in [0, 0.05) is 6.54 Å². The van der Waals surface area contributed by atoms with Crippen LogP contribution >= 0.6 is 0 Å². The molecule has 0 aromatic heterocycles. The van der Waals surface area contributed by atoms with Gasteiger partial charge in [0.2, 0.25) is 0 Å². The first kappa shape index (κ1) is 10.3. The van der Waals surface area contributed by atoms with Gasteiger partial charge in [0.1, 0.15) is 6.04 Å². The lowest BCUT2D eigenvalue weighted by atomic mass is 10.2. The molecular weight excluding hydrogens is 166 g/mol. The van der Waals surface area contributed by atoms with E-state index in [9.17, 15) is 4.79 Å². The molecule has 0 unspecified atom stereocenters. The Balaban J connectivity index is 2.53. The second kappa shape index (κ2) is 4.42. The largest absolute Gasteiger partial charge is 0.468 e. The maximum Gasteiger partial charge on any atom is 0.323 e. The number of methoxy groups -OCH3 is 1. The fourth-order valence-corrected chi connectivity index (χ4v) is 1.77. The van der Waals surface area contributed by atoms with Crippen molar-refractivity contribution in [1.29, 1.82) is 0 Å². The van der Waals surface area contributed by atoms with Gasteiger partial charge < -0.3 is 4.74 Å². The number of hydrogen-bond acceptors (Lipinski definition) is 3. The Morgan fingerprint density at radius 1 is 1.69 bits per heavy atom. The van der Waals surface area contributed by atoms with E-state index in [-0.39, 0.29) is 12.0 Å². The van der Waals surface area contributed by atoms with Crippen molar-refractivity contribution in [2.75, 3.05) is 20.2 Å². The van der Waals surface area contributed by atoms with Crippen LogP contribution in [0.4, 0.5) is 0 Å². The fraction of sp³-hybridized carbons (Fsp3) is 0.700. The smallest absolute Gasteiger partial charge is 0.323 e. The molecule has 0 saturated carbocycles. The van der Waals surface area contributed by atoms with Crippen molar-refractivity contribution in [2.24, 2.45) is 0 Å². The van der Waals surface area contributed by atoms with Crippen LogP contribution in [0.1, 0.15) is 19.8 Å². The number of esters is 1. The minimum atomic E-state index is -0.112. The molecule has 0 radical (unpaired) electrons. The summed E-state index contributed by atoms with van der Waals surface area (Å²) in [5.41, 5.74) is 1.09. The molecule has 1 heterocycles. The molecule has 3 heteroatoms. The molecule has 0 aromatic carbocycles. The maximum absolute atomic E-state index is 11.3. The molecule has 74 valence electrons. The normalized spacial score (nSPS) is 23.1. The van der Waals surface area contributed by atoms with E-state index < -0.39 is 0 Å². The van der Waals surface area contributed by atoms with Gasteiger partial charge in [-0.05, 0) is 26.3 Å². The van der Waals surface area contributed by atoms with Crippen molar-refractivity contribution >= 4 is 5.97 Å². The molecular formula is C10H17NO2. The predicted octanol–water partition coefficient (Wildman–Crippen LogP) is 1.20. The van der Waals surface area contributed by atoms with E-state index in [0.29, 0.717) is 0 Å². The van der Waals surface area contributed by atoms with Crippen molar-refractivity contribution in [3.63, 3.8) is 0 Å². The first-order chi connectivity index (χ1) is 6.15. The summed E-state index contributed by atoms with van der Waals surface area (Å²) in [5, 5.41) is 0. The average Bonchev–Trinajstić information content (AvgIpc) is 2.50. The minimum absolute atomic E-state index is 0.0401. The lowest BCUT2D eigenvalue weighted by Gasteiger charge is -2.21. The molecule has 0 aromatic rings. The highest BCUT2D eigenvalue weighted by Gasteiger charge is 2.30. The number of carbonyl (C=O) groups excluding carboxylic acids is 1. The quantitative estimate of drug-likeness (QED) is 0.486. The molecule has 1 aliphatic heterocycles. The average molecular weight is 183 g/mol. The summed E-state index contributed by atoms with van der Waals surface area (Å²) in [6.45, 7) is 7.61. The number of ether oxygens (including phenoxy) is 1.